The molecule has 1 aromatic heterocycles. The van der Waals surface area contributed by atoms with Gasteiger partial charge in [-0.1, -0.05) is 6.07 Å². The van der Waals surface area contributed by atoms with Gasteiger partial charge in [-0.3, -0.25) is 4.79 Å². The van der Waals surface area contributed by atoms with Gasteiger partial charge in [0.2, 0.25) is 11.8 Å². The van der Waals surface area contributed by atoms with E-state index in [9.17, 15) is 9.59 Å². The molecule has 0 aromatic carbocycles. The van der Waals surface area contributed by atoms with Gasteiger partial charge in [-0.15, -0.1) is 0 Å². The lowest BCUT2D eigenvalue weighted by Crippen LogP contribution is -2.41. The topological polar surface area (TPSA) is 88.5 Å². The summed E-state index contributed by atoms with van der Waals surface area (Å²) in [7, 11) is 1.50. The quantitative estimate of drug-likeness (QED) is 0.766. The fourth-order valence-electron chi connectivity index (χ4n) is 1.33. The monoisotopic (exact) mass is 238 g/mol. The van der Waals surface area contributed by atoms with Crippen molar-refractivity contribution in [3.63, 3.8) is 0 Å². The Bertz CT molecular complexity index is 402. The predicted octanol–water partition coefficient (Wildman–Crippen LogP) is 0.222. The first-order chi connectivity index (χ1) is 8.02. The Labute approximate surface area is 98.6 Å². The van der Waals surface area contributed by atoms with Gasteiger partial charge in [0.05, 0.1) is 7.11 Å². The van der Waals surface area contributed by atoms with Crippen molar-refractivity contribution in [3.05, 3.63) is 23.9 Å². The predicted molar refractivity (Wildman–Crippen MR) is 59.7 cm³/mol. The SMILES string of the molecule is COc1ccc(CC(NC(C)=O)C(=O)O)cn1. The summed E-state index contributed by atoms with van der Waals surface area (Å²) in [4.78, 5) is 25.7. The molecular weight excluding hydrogens is 224 g/mol. The Balaban J connectivity index is 2.71. The highest BCUT2D eigenvalue weighted by atomic mass is 16.5. The number of carboxylic acids is 1. The molecule has 0 saturated carbocycles. The molecule has 0 aliphatic rings. The highest BCUT2D eigenvalue weighted by molar-refractivity contribution is 5.82. The number of carbonyl (C=O) groups is 2. The number of nitrogens with one attached hydrogen (secondary N) is 1. The summed E-state index contributed by atoms with van der Waals surface area (Å²) < 4.78 is 4.89. The van der Waals surface area contributed by atoms with Gasteiger partial charge >= 0.3 is 5.97 Å². The molecule has 0 fully saturated rings. The molecule has 0 radical (unpaired) electrons. The zero-order chi connectivity index (χ0) is 12.8. The molecule has 6 nitrogen and oxygen atoms in total. The highest BCUT2D eigenvalue weighted by Crippen LogP contribution is 2.08. The zero-order valence-electron chi connectivity index (χ0n) is 9.64. The number of ether oxygens (including phenoxy) is 1. The molecule has 1 atom stereocenters. The van der Waals surface area contributed by atoms with Crippen LogP contribution in [0.15, 0.2) is 18.3 Å². The molecule has 6 heteroatoms. The summed E-state index contributed by atoms with van der Waals surface area (Å²) in [5.74, 6) is -0.991. The van der Waals surface area contributed by atoms with Crippen LogP contribution in [-0.4, -0.2) is 35.1 Å². The standard InChI is InChI=1S/C11H14N2O4/c1-7(14)13-9(11(15)16)5-8-3-4-10(17-2)12-6-8/h3-4,6,9H,5H2,1-2H3,(H,13,14)(H,15,16). The number of rotatable bonds is 5. The number of methoxy groups -OCH3 is 1. The molecule has 17 heavy (non-hydrogen) atoms. The van der Waals surface area contributed by atoms with Crippen LogP contribution in [0.1, 0.15) is 12.5 Å². The van der Waals surface area contributed by atoms with E-state index in [1.807, 2.05) is 0 Å². The average Bonchev–Trinajstić information content (AvgIpc) is 2.28. The maximum absolute atomic E-state index is 10.9. The zero-order valence-corrected chi connectivity index (χ0v) is 9.64. The normalized spacial score (nSPS) is 11.6. The number of nitrogens with zero attached hydrogens (tertiary/aromatic N) is 1. The smallest absolute Gasteiger partial charge is 0.326 e. The van der Waals surface area contributed by atoms with E-state index in [1.165, 1.54) is 20.2 Å². The Hall–Kier alpha value is -2.11. The van der Waals surface area contributed by atoms with Gasteiger partial charge in [0.1, 0.15) is 6.04 Å². The molecule has 0 aliphatic carbocycles. The molecule has 1 aromatic rings. The first-order valence-electron chi connectivity index (χ1n) is 5.01. The fourth-order valence-corrected chi connectivity index (χ4v) is 1.33. The van der Waals surface area contributed by atoms with Crippen molar-refractivity contribution in [1.82, 2.24) is 10.3 Å². The minimum atomic E-state index is -1.07. The fraction of sp³-hybridized carbons (Fsp3) is 0.364. The molecule has 92 valence electrons. The van der Waals surface area contributed by atoms with Gasteiger partial charge in [-0.05, 0) is 5.56 Å². The van der Waals surface area contributed by atoms with E-state index in [0.29, 0.717) is 11.4 Å². The lowest BCUT2D eigenvalue weighted by atomic mass is 10.1. The number of carbonyl (C=O) groups excluding carboxylic acids is 1. The number of aliphatic carboxylic acids is 1. The summed E-state index contributed by atoms with van der Waals surface area (Å²) in [5, 5.41) is 11.3. The maximum Gasteiger partial charge on any atom is 0.326 e. The summed E-state index contributed by atoms with van der Waals surface area (Å²) >= 11 is 0. The molecule has 1 rings (SSSR count). The maximum atomic E-state index is 10.9. The van der Waals surface area contributed by atoms with Crippen molar-refractivity contribution >= 4 is 11.9 Å². The lowest BCUT2D eigenvalue weighted by molar-refractivity contribution is -0.141. The molecule has 0 aliphatic heterocycles. The highest BCUT2D eigenvalue weighted by Gasteiger charge is 2.18. The van der Waals surface area contributed by atoms with E-state index < -0.39 is 12.0 Å². The van der Waals surface area contributed by atoms with Gasteiger partial charge in [0, 0.05) is 25.6 Å². The molecular formula is C11H14N2O4. The van der Waals surface area contributed by atoms with E-state index in [1.54, 1.807) is 12.1 Å². The number of hydrogen-bond donors (Lipinski definition) is 2. The van der Waals surface area contributed by atoms with E-state index in [-0.39, 0.29) is 12.3 Å². The van der Waals surface area contributed by atoms with Gasteiger partial charge in [0.25, 0.3) is 0 Å². The van der Waals surface area contributed by atoms with Crippen LogP contribution < -0.4 is 10.1 Å². The molecule has 1 heterocycles. The summed E-state index contributed by atoms with van der Waals surface area (Å²) in [6.45, 7) is 1.28. The third-order valence-corrected chi connectivity index (χ3v) is 2.12. The van der Waals surface area contributed by atoms with Crippen molar-refractivity contribution in [2.24, 2.45) is 0 Å². The Morgan fingerprint density at radius 2 is 2.24 bits per heavy atom. The minimum absolute atomic E-state index is 0.186. The number of carboxylic acid groups (broad SMARTS) is 1. The van der Waals surface area contributed by atoms with Crippen LogP contribution in [0.2, 0.25) is 0 Å². The second-order valence-electron chi connectivity index (χ2n) is 3.50. The summed E-state index contributed by atoms with van der Waals surface area (Å²) in [6, 6.07) is 2.41. The van der Waals surface area contributed by atoms with Crippen molar-refractivity contribution in [1.29, 1.82) is 0 Å². The minimum Gasteiger partial charge on any atom is -0.481 e. The molecule has 0 saturated heterocycles. The van der Waals surface area contributed by atoms with Gasteiger partial charge in [-0.25, -0.2) is 9.78 Å². The second-order valence-corrected chi connectivity index (χ2v) is 3.50. The average molecular weight is 238 g/mol. The van der Waals surface area contributed by atoms with Crippen molar-refractivity contribution < 1.29 is 19.4 Å². The Morgan fingerprint density at radius 1 is 1.53 bits per heavy atom. The third-order valence-electron chi connectivity index (χ3n) is 2.12. The molecule has 1 unspecified atom stereocenters. The number of aromatic nitrogens is 1. The molecule has 2 N–H and O–H groups in total. The van der Waals surface area contributed by atoms with Gasteiger partial charge in [0.15, 0.2) is 0 Å². The Morgan fingerprint density at radius 3 is 2.65 bits per heavy atom. The van der Waals surface area contributed by atoms with Crippen molar-refractivity contribution in [2.75, 3.05) is 7.11 Å². The lowest BCUT2D eigenvalue weighted by Gasteiger charge is -2.12. The van der Waals surface area contributed by atoms with E-state index in [0.717, 1.165) is 0 Å². The summed E-state index contributed by atoms with van der Waals surface area (Å²) in [5.41, 5.74) is 0.715. The van der Waals surface area contributed by atoms with Crippen LogP contribution >= 0.6 is 0 Å². The molecule has 1 amide bonds. The van der Waals surface area contributed by atoms with Crippen LogP contribution in [0.4, 0.5) is 0 Å². The first kappa shape index (κ1) is 13.0. The number of amides is 1. The Kier molecular flexibility index (Phi) is 4.45. The van der Waals surface area contributed by atoms with Crippen LogP contribution in [0.25, 0.3) is 0 Å². The van der Waals surface area contributed by atoms with Gasteiger partial charge < -0.3 is 15.2 Å². The molecule has 0 bridgehead atoms. The van der Waals surface area contributed by atoms with Crippen LogP contribution in [0, 0.1) is 0 Å². The van der Waals surface area contributed by atoms with Crippen molar-refractivity contribution in [2.45, 2.75) is 19.4 Å². The molecule has 0 spiro atoms. The largest absolute Gasteiger partial charge is 0.481 e. The summed E-state index contributed by atoms with van der Waals surface area (Å²) in [6.07, 6.45) is 1.71. The van der Waals surface area contributed by atoms with E-state index in [2.05, 4.69) is 10.3 Å². The van der Waals surface area contributed by atoms with Crippen LogP contribution in [-0.2, 0) is 16.0 Å². The number of pyridine rings is 1. The van der Waals surface area contributed by atoms with E-state index >= 15 is 0 Å². The van der Waals surface area contributed by atoms with Crippen LogP contribution in [0.3, 0.4) is 0 Å². The van der Waals surface area contributed by atoms with Gasteiger partial charge in [-0.2, -0.15) is 0 Å². The van der Waals surface area contributed by atoms with E-state index in [4.69, 9.17) is 9.84 Å². The number of hydrogen-bond acceptors (Lipinski definition) is 4. The van der Waals surface area contributed by atoms with Crippen molar-refractivity contribution in [3.8, 4) is 5.88 Å². The van der Waals surface area contributed by atoms with Crippen LogP contribution in [0.5, 0.6) is 5.88 Å². The third kappa shape index (κ3) is 4.10. The first-order valence-corrected chi connectivity index (χ1v) is 5.01. The second kappa shape index (κ2) is 5.83.